The van der Waals surface area contributed by atoms with E-state index in [1.54, 1.807) is 0 Å². The highest BCUT2D eigenvalue weighted by Gasteiger charge is 2.32. The van der Waals surface area contributed by atoms with Crippen molar-refractivity contribution in [1.82, 2.24) is 4.90 Å². The van der Waals surface area contributed by atoms with Crippen molar-refractivity contribution in [3.05, 3.63) is 101 Å². The highest BCUT2D eigenvalue weighted by atomic mass is 19.4. The van der Waals surface area contributed by atoms with Gasteiger partial charge in [-0.15, -0.1) is 0 Å². The van der Waals surface area contributed by atoms with Gasteiger partial charge in [-0.1, -0.05) is 88.4 Å². The molecule has 0 saturated heterocycles. The Bertz CT molecular complexity index is 1200. The Labute approximate surface area is 230 Å². The number of carbonyl (C=O) groups excluding carboxylic acids is 1. The number of para-hydroxylation sites is 1. The molecule has 0 radical (unpaired) electrons. The van der Waals surface area contributed by atoms with E-state index in [0.717, 1.165) is 54.6 Å². The quantitative estimate of drug-likeness (QED) is 0.320. The van der Waals surface area contributed by atoms with Crippen LogP contribution in [-0.4, -0.2) is 17.0 Å². The molecule has 0 bridgehead atoms. The van der Waals surface area contributed by atoms with Crippen molar-refractivity contribution in [3.8, 4) is 0 Å². The summed E-state index contributed by atoms with van der Waals surface area (Å²) in [5, 5.41) is 3.24. The van der Waals surface area contributed by atoms with Crippen LogP contribution in [0.25, 0.3) is 0 Å². The van der Waals surface area contributed by atoms with Gasteiger partial charge in [-0.25, -0.2) is 4.79 Å². The van der Waals surface area contributed by atoms with Crippen molar-refractivity contribution in [2.24, 2.45) is 0 Å². The monoisotopic (exact) mass is 536 g/mol. The second-order valence-corrected chi connectivity index (χ2v) is 11.3. The van der Waals surface area contributed by atoms with Gasteiger partial charge in [-0.2, -0.15) is 13.2 Å². The molecule has 3 nitrogen and oxygen atoms in total. The first-order valence-corrected chi connectivity index (χ1v) is 14.0. The van der Waals surface area contributed by atoms with Crippen LogP contribution in [0.3, 0.4) is 0 Å². The molecule has 0 unspecified atom stereocenters. The highest BCUT2D eigenvalue weighted by molar-refractivity contribution is 5.91. The molecule has 3 aromatic carbocycles. The van der Waals surface area contributed by atoms with Gasteiger partial charge in [0.05, 0.1) is 5.56 Å². The number of nitrogens with zero attached hydrogens (tertiary/aromatic N) is 1. The summed E-state index contributed by atoms with van der Waals surface area (Å²) in [6.45, 7) is 8.70. The SMILES string of the molecule is CC(C)c1cccc(C(C)C)c1NC(=O)N(Cc1ccc(C(F)(F)F)cc1)C1CCC(c2ccccc2)CC1. The molecule has 1 fully saturated rings. The zero-order valence-corrected chi connectivity index (χ0v) is 23.3. The molecule has 0 aliphatic heterocycles. The van der Waals surface area contributed by atoms with Crippen LogP contribution in [0.4, 0.5) is 23.7 Å². The summed E-state index contributed by atoms with van der Waals surface area (Å²) in [7, 11) is 0. The van der Waals surface area contributed by atoms with Gasteiger partial charge in [-0.05, 0) is 77.8 Å². The van der Waals surface area contributed by atoms with Crippen molar-refractivity contribution in [2.45, 2.75) is 89.9 Å². The third-order valence-electron chi connectivity index (χ3n) is 7.91. The number of benzene rings is 3. The van der Waals surface area contributed by atoms with Crippen molar-refractivity contribution in [2.75, 3.05) is 5.32 Å². The minimum absolute atomic E-state index is 0.000895. The first kappa shape index (κ1) is 28.7. The average Bonchev–Trinajstić information content (AvgIpc) is 2.92. The summed E-state index contributed by atoms with van der Waals surface area (Å²) in [4.78, 5) is 15.8. The van der Waals surface area contributed by atoms with Crippen molar-refractivity contribution >= 4 is 11.7 Å². The topological polar surface area (TPSA) is 32.3 Å². The number of rotatable bonds is 7. The first-order valence-electron chi connectivity index (χ1n) is 14.0. The van der Waals surface area contributed by atoms with Gasteiger partial charge in [0.2, 0.25) is 0 Å². The lowest BCUT2D eigenvalue weighted by atomic mass is 9.81. The standard InChI is InChI=1S/C33H39F3N2O/c1-22(2)29-11-8-12-30(23(3)4)31(29)37-32(39)38(21-24-13-17-27(18-14-24)33(34,35)36)28-19-15-26(16-20-28)25-9-6-5-7-10-25/h5-14,17-18,22-23,26,28H,15-16,19-21H2,1-4H3,(H,37,39). The fourth-order valence-corrected chi connectivity index (χ4v) is 5.68. The molecule has 4 rings (SSSR count). The summed E-state index contributed by atoms with van der Waals surface area (Å²) < 4.78 is 39.5. The Morgan fingerprint density at radius 1 is 0.821 bits per heavy atom. The molecule has 0 spiro atoms. The lowest BCUT2D eigenvalue weighted by molar-refractivity contribution is -0.137. The van der Waals surface area contributed by atoms with Gasteiger partial charge >= 0.3 is 12.2 Å². The van der Waals surface area contributed by atoms with Gasteiger partial charge in [0.15, 0.2) is 0 Å². The molecular weight excluding hydrogens is 497 g/mol. The first-order chi connectivity index (χ1) is 18.5. The van der Waals surface area contributed by atoms with Crippen LogP contribution in [0.1, 0.15) is 98.9 Å². The average molecular weight is 537 g/mol. The zero-order valence-electron chi connectivity index (χ0n) is 23.3. The Balaban J connectivity index is 1.60. The van der Waals surface area contributed by atoms with Crippen LogP contribution in [0.2, 0.25) is 0 Å². The van der Waals surface area contributed by atoms with Crippen LogP contribution in [0, 0.1) is 0 Å². The van der Waals surface area contributed by atoms with E-state index in [9.17, 15) is 18.0 Å². The Kier molecular flexibility index (Phi) is 9.04. The Morgan fingerprint density at radius 2 is 1.38 bits per heavy atom. The second kappa shape index (κ2) is 12.3. The van der Waals surface area contributed by atoms with Gasteiger partial charge in [0.1, 0.15) is 0 Å². The van der Waals surface area contributed by atoms with Crippen molar-refractivity contribution in [3.63, 3.8) is 0 Å². The van der Waals surface area contributed by atoms with Crippen LogP contribution < -0.4 is 5.32 Å². The predicted octanol–water partition coefficient (Wildman–Crippen LogP) is 9.71. The largest absolute Gasteiger partial charge is 0.416 e. The number of alkyl halides is 3. The Morgan fingerprint density at radius 3 is 1.90 bits per heavy atom. The van der Waals surface area contributed by atoms with Gasteiger partial charge in [-0.3, -0.25) is 0 Å². The maximum absolute atomic E-state index is 14.0. The minimum atomic E-state index is -4.39. The van der Waals surface area contributed by atoms with Crippen molar-refractivity contribution < 1.29 is 18.0 Å². The summed E-state index contributed by atoms with van der Waals surface area (Å²) in [5.41, 5.74) is 4.33. The fraction of sp³-hybridized carbons (Fsp3) is 0.424. The predicted molar refractivity (Wildman–Crippen MR) is 152 cm³/mol. The molecule has 39 heavy (non-hydrogen) atoms. The number of urea groups is 1. The minimum Gasteiger partial charge on any atom is -0.317 e. The molecule has 0 atom stereocenters. The zero-order chi connectivity index (χ0) is 28.2. The van der Waals surface area contributed by atoms with Crippen molar-refractivity contribution in [1.29, 1.82) is 0 Å². The molecule has 2 amide bonds. The molecule has 1 N–H and O–H groups in total. The maximum atomic E-state index is 14.0. The fourth-order valence-electron chi connectivity index (χ4n) is 5.68. The molecule has 1 aliphatic rings. The lowest BCUT2D eigenvalue weighted by Crippen LogP contribution is -2.44. The van der Waals surface area contributed by atoms with E-state index >= 15 is 0 Å². The van der Waals surface area contributed by atoms with E-state index in [1.807, 2.05) is 17.0 Å². The van der Waals surface area contributed by atoms with E-state index in [2.05, 4.69) is 69.4 Å². The molecular formula is C33H39F3N2O. The number of hydrogen-bond donors (Lipinski definition) is 1. The van der Waals surface area contributed by atoms with Crippen LogP contribution >= 0.6 is 0 Å². The number of anilines is 1. The molecule has 1 saturated carbocycles. The van der Waals surface area contributed by atoms with Gasteiger partial charge in [0.25, 0.3) is 0 Å². The van der Waals surface area contributed by atoms with E-state index in [-0.39, 0.29) is 30.5 Å². The number of nitrogens with one attached hydrogen (secondary N) is 1. The number of halogens is 3. The number of amides is 2. The second-order valence-electron chi connectivity index (χ2n) is 11.3. The molecule has 3 aromatic rings. The third-order valence-corrected chi connectivity index (χ3v) is 7.91. The Hall–Kier alpha value is -3.28. The summed E-state index contributed by atoms with van der Waals surface area (Å²) >= 11 is 0. The summed E-state index contributed by atoms with van der Waals surface area (Å²) in [6, 6.07) is 21.6. The normalized spacial score (nSPS) is 17.9. The summed E-state index contributed by atoms with van der Waals surface area (Å²) in [5.74, 6) is 0.903. The number of carbonyl (C=O) groups is 1. The van der Waals surface area contributed by atoms with E-state index < -0.39 is 11.7 Å². The highest BCUT2D eigenvalue weighted by Crippen LogP contribution is 2.37. The third kappa shape index (κ3) is 7.03. The van der Waals surface area contributed by atoms with E-state index in [0.29, 0.717) is 11.5 Å². The van der Waals surface area contributed by atoms with Gasteiger partial charge in [0, 0.05) is 18.3 Å². The molecule has 0 heterocycles. The van der Waals surface area contributed by atoms with E-state index in [1.165, 1.54) is 17.7 Å². The maximum Gasteiger partial charge on any atom is 0.416 e. The van der Waals surface area contributed by atoms with E-state index in [4.69, 9.17) is 0 Å². The smallest absolute Gasteiger partial charge is 0.317 e. The van der Waals surface area contributed by atoms with Crippen LogP contribution in [0.5, 0.6) is 0 Å². The van der Waals surface area contributed by atoms with Crippen LogP contribution in [0.15, 0.2) is 72.8 Å². The number of hydrogen-bond acceptors (Lipinski definition) is 1. The summed E-state index contributed by atoms with van der Waals surface area (Å²) in [6.07, 6.45) is -0.775. The molecule has 1 aliphatic carbocycles. The molecule has 6 heteroatoms. The molecule has 0 aromatic heterocycles. The lowest BCUT2D eigenvalue weighted by Gasteiger charge is -2.37. The molecule has 208 valence electrons. The van der Waals surface area contributed by atoms with Gasteiger partial charge < -0.3 is 10.2 Å². The van der Waals surface area contributed by atoms with Crippen LogP contribution in [-0.2, 0) is 12.7 Å².